The summed E-state index contributed by atoms with van der Waals surface area (Å²) < 4.78 is 7.28. The highest BCUT2D eigenvalue weighted by Gasteiger charge is 2.35. The molecule has 1 saturated heterocycles. The third-order valence-electron chi connectivity index (χ3n) is 4.53. The van der Waals surface area contributed by atoms with E-state index in [4.69, 9.17) is 16.3 Å². The minimum Gasteiger partial charge on any atom is -0.387 e. The number of rotatable bonds is 4. The largest absolute Gasteiger partial charge is 0.387 e. The Morgan fingerprint density at radius 3 is 2.64 bits per heavy atom. The van der Waals surface area contributed by atoms with Crippen molar-refractivity contribution >= 4 is 23.4 Å². The van der Waals surface area contributed by atoms with Gasteiger partial charge in [-0.05, 0) is 38.5 Å². The van der Waals surface area contributed by atoms with E-state index in [0.29, 0.717) is 29.9 Å². The van der Waals surface area contributed by atoms with Gasteiger partial charge in [0.2, 0.25) is 0 Å². The smallest absolute Gasteiger partial charge is 0.155 e. The molecule has 7 nitrogen and oxygen atoms in total. The summed E-state index contributed by atoms with van der Waals surface area (Å²) in [5.74, 6) is 1.37. The number of ether oxygens (including phenoxy) is 1. The molecule has 140 valence electrons. The van der Waals surface area contributed by atoms with Gasteiger partial charge in [-0.15, -0.1) is 11.8 Å². The van der Waals surface area contributed by atoms with Gasteiger partial charge in [0.1, 0.15) is 29.0 Å². The van der Waals surface area contributed by atoms with Crippen molar-refractivity contribution in [3.05, 3.63) is 22.2 Å². The van der Waals surface area contributed by atoms with Gasteiger partial charge in [0.15, 0.2) is 5.82 Å². The Bertz CT molecular complexity index is 711. The maximum Gasteiger partial charge on any atom is 0.155 e. The van der Waals surface area contributed by atoms with Crippen molar-refractivity contribution in [1.82, 2.24) is 20.7 Å². The number of thioether (sulfide) groups is 1. The van der Waals surface area contributed by atoms with Gasteiger partial charge in [0.05, 0.1) is 11.7 Å². The van der Waals surface area contributed by atoms with Gasteiger partial charge in [-0.25, -0.2) is 9.97 Å². The molecule has 0 aromatic carbocycles. The lowest BCUT2D eigenvalue weighted by molar-refractivity contribution is 0.0261. The van der Waals surface area contributed by atoms with Crippen molar-refractivity contribution < 1.29 is 14.9 Å². The Hall–Kier alpha value is -0.900. The molecule has 0 aliphatic carbocycles. The lowest BCUT2D eigenvalue weighted by Gasteiger charge is -2.35. The van der Waals surface area contributed by atoms with Crippen LogP contribution >= 0.6 is 23.4 Å². The lowest BCUT2D eigenvalue weighted by Crippen LogP contribution is -2.38. The summed E-state index contributed by atoms with van der Waals surface area (Å²) in [7, 11) is 0. The maximum absolute atomic E-state index is 10.4. The van der Waals surface area contributed by atoms with Crippen molar-refractivity contribution in [2.24, 2.45) is 0 Å². The van der Waals surface area contributed by atoms with E-state index in [9.17, 15) is 10.2 Å². The zero-order valence-corrected chi connectivity index (χ0v) is 16.3. The van der Waals surface area contributed by atoms with Crippen molar-refractivity contribution in [1.29, 1.82) is 0 Å². The molecule has 0 bridgehead atoms. The van der Waals surface area contributed by atoms with Crippen LogP contribution in [0.1, 0.15) is 36.5 Å². The Morgan fingerprint density at radius 2 is 1.96 bits per heavy atom. The average molecular weight is 389 g/mol. The van der Waals surface area contributed by atoms with Crippen molar-refractivity contribution in [3.8, 4) is 11.4 Å². The molecule has 25 heavy (non-hydrogen) atoms. The first-order valence-corrected chi connectivity index (χ1v) is 9.47. The predicted octanol–water partition coefficient (Wildman–Crippen LogP) is 2.71. The molecule has 3 aliphatic rings. The number of aromatic nitrogens is 3. The fraction of sp³-hybridized carbons (Fsp3) is 0.625. The zero-order valence-electron chi connectivity index (χ0n) is 14.7. The number of aliphatic hydroxyl groups excluding tert-OH is 2. The van der Waals surface area contributed by atoms with Crippen LogP contribution in [0, 0.1) is 13.8 Å². The second kappa shape index (κ2) is 8.20. The first-order chi connectivity index (χ1) is 11.5. The Morgan fingerprint density at radius 1 is 1.28 bits per heavy atom. The summed E-state index contributed by atoms with van der Waals surface area (Å²) in [5, 5.41) is 20.9. The van der Waals surface area contributed by atoms with E-state index in [0.717, 1.165) is 29.1 Å². The van der Waals surface area contributed by atoms with E-state index >= 15 is 0 Å². The SMILES string of the molecule is CCOCc1nc2c(C)c(C)n(C3CCS[C@@H](O)C3O)c(Cl)c-2n1.N. The minimum absolute atomic E-state index is 0. The number of aliphatic hydroxyl groups is 2. The summed E-state index contributed by atoms with van der Waals surface area (Å²) >= 11 is 7.99. The van der Waals surface area contributed by atoms with Crippen molar-refractivity contribution in [2.75, 3.05) is 12.4 Å². The lowest BCUT2D eigenvalue weighted by atomic mass is 10.0. The topological polar surface area (TPSA) is 115 Å². The molecular formula is C16H25ClN4O3S. The van der Waals surface area contributed by atoms with Gasteiger partial charge in [0, 0.05) is 12.3 Å². The van der Waals surface area contributed by atoms with Crippen LogP contribution in [0.4, 0.5) is 0 Å². The number of hydrogen-bond donors (Lipinski definition) is 3. The van der Waals surface area contributed by atoms with Crippen LogP contribution in [0.5, 0.6) is 0 Å². The van der Waals surface area contributed by atoms with E-state index in [2.05, 4.69) is 9.97 Å². The molecule has 9 heteroatoms. The number of pyridine rings is 1. The molecule has 3 atom stereocenters. The number of halogens is 1. The van der Waals surface area contributed by atoms with Gasteiger partial charge in [-0.1, -0.05) is 11.6 Å². The quantitative estimate of drug-likeness (QED) is 0.689. The van der Waals surface area contributed by atoms with Crippen LogP contribution in [0.25, 0.3) is 11.4 Å². The normalized spacial score (nSPS) is 23.7. The van der Waals surface area contributed by atoms with Gasteiger partial charge < -0.3 is 25.7 Å². The first kappa shape index (κ1) is 20.4. The molecule has 2 unspecified atom stereocenters. The highest BCUT2D eigenvalue weighted by atomic mass is 35.5. The Balaban J connectivity index is 0.00000225. The van der Waals surface area contributed by atoms with E-state index in [-0.39, 0.29) is 12.2 Å². The fourth-order valence-corrected chi connectivity index (χ4v) is 4.49. The van der Waals surface area contributed by atoms with Crippen LogP contribution in [-0.2, 0) is 11.3 Å². The monoisotopic (exact) mass is 388 g/mol. The molecule has 0 aromatic rings. The molecule has 0 saturated carbocycles. The first-order valence-electron chi connectivity index (χ1n) is 8.04. The zero-order chi connectivity index (χ0) is 17.4. The summed E-state index contributed by atoms with van der Waals surface area (Å²) in [6.07, 6.45) is -0.133. The van der Waals surface area contributed by atoms with E-state index < -0.39 is 11.5 Å². The summed E-state index contributed by atoms with van der Waals surface area (Å²) in [5.41, 5.74) is 2.49. The van der Waals surface area contributed by atoms with E-state index in [1.165, 1.54) is 11.8 Å². The molecule has 1 fully saturated rings. The number of fused-ring (bicyclic) bond motifs is 1. The molecule has 3 aliphatic heterocycles. The average Bonchev–Trinajstić information content (AvgIpc) is 2.99. The maximum atomic E-state index is 10.4. The van der Waals surface area contributed by atoms with Gasteiger partial charge in [-0.2, -0.15) is 0 Å². The van der Waals surface area contributed by atoms with Crippen LogP contribution in [-0.4, -0.2) is 48.6 Å². The van der Waals surface area contributed by atoms with Crippen molar-refractivity contribution in [2.45, 2.75) is 51.4 Å². The Labute approximate surface area is 156 Å². The molecule has 0 aromatic heterocycles. The van der Waals surface area contributed by atoms with Crippen LogP contribution < -0.4 is 6.15 Å². The van der Waals surface area contributed by atoms with Crippen molar-refractivity contribution in [3.63, 3.8) is 0 Å². The summed E-state index contributed by atoms with van der Waals surface area (Å²) in [4.78, 5) is 9.05. The Kier molecular flexibility index (Phi) is 6.69. The van der Waals surface area contributed by atoms with E-state index in [1.807, 2.05) is 25.3 Å². The second-order valence-corrected chi connectivity index (χ2v) is 7.54. The molecule has 0 radical (unpaired) electrons. The van der Waals surface area contributed by atoms with Crippen LogP contribution in [0.3, 0.4) is 0 Å². The summed E-state index contributed by atoms with van der Waals surface area (Å²) in [6, 6.07) is -0.274. The molecule has 0 spiro atoms. The number of hydrogen-bond acceptors (Lipinski definition) is 7. The fourth-order valence-electron chi connectivity index (χ4n) is 3.11. The van der Waals surface area contributed by atoms with Gasteiger partial charge in [0.25, 0.3) is 0 Å². The molecule has 0 amide bonds. The standard InChI is InChI=1S/C16H22ClN3O3S.H3N/c1-4-23-7-11-18-12-8(2)9(3)20(15(17)13(12)19-11)10-5-6-24-16(22)14(10)21;/h10,14,16,21-22H,4-7H2,1-3H3;1H3/t10?,14?,16-;/m1./s1. The van der Waals surface area contributed by atoms with Gasteiger partial charge in [-0.3, -0.25) is 0 Å². The van der Waals surface area contributed by atoms with Gasteiger partial charge >= 0.3 is 0 Å². The molecule has 3 heterocycles. The number of nitrogens with zero attached hydrogens (tertiary/aromatic N) is 3. The van der Waals surface area contributed by atoms with Crippen LogP contribution in [0.2, 0.25) is 5.15 Å². The highest BCUT2D eigenvalue weighted by Crippen LogP contribution is 2.40. The highest BCUT2D eigenvalue weighted by molar-refractivity contribution is 7.99. The van der Waals surface area contributed by atoms with E-state index in [1.54, 1.807) is 0 Å². The van der Waals surface area contributed by atoms with Crippen LogP contribution in [0.15, 0.2) is 0 Å². The molecular weight excluding hydrogens is 364 g/mol. The predicted molar refractivity (Wildman–Crippen MR) is 99.6 cm³/mol. The third kappa shape index (κ3) is 3.65. The summed E-state index contributed by atoms with van der Waals surface area (Å²) in [6.45, 7) is 6.80. The number of imidazole rings is 1. The third-order valence-corrected chi connectivity index (χ3v) is 5.98. The molecule has 3 rings (SSSR count). The molecule has 5 N–H and O–H groups in total. The second-order valence-electron chi connectivity index (χ2n) is 5.95. The minimum atomic E-state index is -0.868.